The molecule has 0 spiro atoms. The summed E-state index contributed by atoms with van der Waals surface area (Å²) in [6, 6.07) is 19.0. The second-order valence-corrected chi connectivity index (χ2v) is 6.98. The van der Waals surface area contributed by atoms with Crippen LogP contribution in [-0.2, 0) is 0 Å². The third-order valence-corrected chi connectivity index (χ3v) is 4.59. The van der Waals surface area contributed by atoms with E-state index in [2.05, 4.69) is 95.4 Å². The second-order valence-electron chi connectivity index (χ2n) is 5.74. The number of aryl methyl sites for hydroxylation is 2. The molecule has 116 valence electrons. The average Bonchev–Trinajstić information content (AvgIpc) is 2.81. The molecule has 0 atom stereocenters. The molecule has 0 unspecified atom stereocenters. The number of nitrogens with zero attached hydrogens (tertiary/aromatic N) is 2. The zero-order chi connectivity index (χ0) is 16.4. The minimum atomic E-state index is 0.983. The molecule has 0 fully saturated rings. The highest BCUT2D eigenvalue weighted by Gasteiger charge is 2.09. The van der Waals surface area contributed by atoms with Gasteiger partial charge < -0.3 is 4.57 Å². The molecule has 3 rings (SSSR count). The van der Waals surface area contributed by atoms with Crippen molar-refractivity contribution in [3.63, 3.8) is 0 Å². The van der Waals surface area contributed by atoms with Crippen LogP contribution in [0.3, 0.4) is 0 Å². The van der Waals surface area contributed by atoms with E-state index >= 15 is 0 Å². The summed E-state index contributed by atoms with van der Waals surface area (Å²) in [4.78, 5) is 4.62. The van der Waals surface area contributed by atoms with Gasteiger partial charge >= 0.3 is 0 Å². The van der Waals surface area contributed by atoms with E-state index in [1.54, 1.807) is 0 Å². The third-order valence-electron chi connectivity index (χ3n) is 3.92. The summed E-state index contributed by atoms with van der Waals surface area (Å²) in [6.07, 6.45) is 1.96. The molecule has 0 N–H and O–H groups in total. The van der Waals surface area contributed by atoms with Gasteiger partial charge in [0.2, 0.25) is 0 Å². The quantitative estimate of drug-likeness (QED) is 0.383. The summed E-state index contributed by atoms with van der Waals surface area (Å²) in [5, 5.41) is 0. The number of halogens is 1. The smallest absolute Gasteiger partial charge is 0.0640 e. The van der Waals surface area contributed by atoms with E-state index in [0.717, 1.165) is 11.3 Å². The Morgan fingerprint density at radius 1 is 0.957 bits per heavy atom. The molecule has 0 saturated carbocycles. The van der Waals surface area contributed by atoms with Crippen LogP contribution in [-0.4, -0.2) is 10.8 Å². The first-order chi connectivity index (χ1) is 11.0. The minimum absolute atomic E-state index is 0.983. The van der Waals surface area contributed by atoms with Crippen LogP contribution in [0, 0.1) is 24.3 Å². The molecule has 0 aliphatic rings. The average molecular weight is 414 g/mol. The molecule has 0 aliphatic heterocycles. The van der Waals surface area contributed by atoms with Gasteiger partial charge in [0, 0.05) is 32.4 Å². The Labute approximate surface area is 151 Å². The van der Waals surface area contributed by atoms with Gasteiger partial charge in [0.1, 0.15) is 0 Å². The van der Waals surface area contributed by atoms with Crippen LogP contribution in [0.2, 0.25) is 0 Å². The van der Waals surface area contributed by atoms with E-state index in [9.17, 15) is 0 Å². The summed E-state index contributed by atoms with van der Waals surface area (Å²) < 4.78 is 3.47. The lowest BCUT2D eigenvalue weighted by molar-refractivity contribution is 0.964. The Kier molecular flexibility index (Phi) is 4.66. The molecule has 2 nitrogen and oxygen atoms in total. The topological polar surface area (TPSA) is 17.3 Å². The molecule has 0 amide bonds. The van der Waals surface area contributed by atoms with Crippen molar-refractivity contribution < 1.29 is 0 Å². The fourth-order valence-electron chi connectivity index (χ4n) is 2.71. The maximum Gasteiger partial charge on any atom is 0.0640 e. The van der Waals surface area contributed by atoms with E-state index in [4.69, 9.17) is 0 Å². The van der Waals surface area contributed by atoms with Crippen LogP contribution in [0.15, 0.2) is 59.6 Å². The Morgan fingerprint density at radius 3 is 2.39 bits per heavy atom. The molecule has 0 saturated heterocycles. The van der Waals surface area contributed by atoms with Gasteiger partial charge in [-0.25, -0.2) is 0 Å². The maximum atomic E-state index is 4.62. The highest BCUT2D eigenvalue weighted by Crippen LogP contribution is 2.21. The van der Waals surface area contributed by atoms with Crippen LogP contribution in [0.5, 0.6) is 0 Å². The molecule has 1 heterocycles. The molecule has 0 bridgehead atoms. The van der Waals surface area contributed by atoms with Crippen LogP contribution in [0.25, 0.3) is 5.69 Å². The van der Waals surface area contributed by atoms with Gasteiger partial charge in [-0.15, -0.1) is 0 Å². The molecular weight excluding hydrogens is 395 g/mol. The number of benzene rings is 2. The van der Waals surface area contributed by atoms with Gasteiger partial charge in [-0.05, 0) is 79.8 Å². The predicted octanol–water partition coefficient (Wildman–Crippen LogP) is 5.76. The van der Waals surface area contributed by atoms with Gasteiger partial charge in [-0.1, -0.05) is 23.8 Å². The highest BCUT2D eigenvalue weighted by molar-refractivity contribution is 14.1. The molecular formula is C20H19IN2. The zero-order valence-electron chi connectivity index (χ0n) is 13.5. The van der Waals surface area contributed by atoms with E-state index in [1.807, 2.05) is 18.3 Å². The number of hydrogen-bond donors (Lipinski definition) is 0. The Bertz CT molecular complexity index is 858. The van der Waals surface area contributed by atoms with Gasteiger partial charge in [0.05, 0.1) is 5.69 Å². The summed E-state index contributed by atoms with van der Waals surface area (Å²) in [6.45, 7) is 6.39. The molecule has 3 heteroatoms. The fourth-order valence-corrected chi connectivity index (χ4v) is 3.24. The number of aliphatic imine (C=N–C) groups is 1. The van der Waals surface area contributed by atoms with E-state index < -0.39 is 0 Å². The van der Waals surface area contributed by atoms with Crippen molar-refractivity contribution >= 4 is 34.5 Å². The third kappa shape index (κ3) is 3.55. The first-order valence-electron chi connectivity index (χ1n) is 7.60. The van der Waals surface area contributed by atoms with Gasteiger partial charge in [-0.3, -0.25) is 4.99 Å². The van der Waals surface area contributed by atoms with Crippen molar-refractivity contribution in [2.45, 2.75) is 20.8 Å². The lowest BCUT2D eigenvalue weighted by atomic mass is 10.2. The molecule has 0 aliphatic carbocycles. The lowest BCUT2D eigenvalue weighted by Gasteiger charge is -2.09. The number of aromatic nitrogens is 1. The zero-order valence-corrected chi connectivity index (χ0v) is 15.7. The largest absolute Gasteiger partial charge is 0.318 e. The highest BCUT2D eigenvalue weighted by atomic mass is 127. The van der Waals surface area contributed by atoms with Crippen molar-refractivity contribution in [2.75, 3.05) is 0 Å². The minimum Gasteiger partial charge on any atom is -0.318 e. The van der Waals surface area contributed by atoms with Crippen molar-refractivity contribution in [3.8, 4) is 5.69 Å². The van der Waals surface area contributed by atoms with Gasteiger partial charge in [0.25, 0.3) is 0 Å². The molecule has 3 aromatic rings. The van der Waals surface area contributed by atoms with Crippen molar-refractivity contribution in [2.24, 2.45) is 4.99 Å². The van der Waals surface area contributed by atoms with Crippen molar-refractivity contribution in [1.82, 2.24) is 4.57 Å². The van der Waals surface area contributed by atoms with Crippen molar-refractivity contribution in [3.05, 3.63) is 80.7 Å². The Hall–Kier alpha value is -1.88. The van der Waals surface area contributed by atoms with Crippen LogP contribution < -0.4 is 0 Å². The lowest BCUT2D eigenvalue weighted by Crippen LogP contribution is -1.99. The first kappa shape index (κ1) is 16.0. The summed E-state index contributed by atoms with van der Waals surface area (Å²) in [5.41, 5.74) is 7.03. The predicted molar refractivity (Wildman–Crippen MR) is 106 cm³/mol. The SMILES string of the molecule is Cc1ccc(-n2c(C)cc(C=Nc3cccc(I)c3)c2C)cc1. The van der Waals surface area contributed by atoms with Crippen LogP contribution in [0.1, 0.15) is 22.5 Å². The number of hydrogen-bond acceptors (Lipinski definition) is 1. The Morgan fingerprint density at radius 2 is 1.70 bits per heavy atom. The normalized spacial score (nSPS) is 11.3. The number of rotatable bonds is 3. The van der Waals surface area contributed by atoms with Crippen LogP contribution in [0.4, 0.5) is 5.69 Å². The van der Waals surface area contributed by atoms with E-state index in [0.29, 0.717) is 0 Å². The molecule has 23 heavy (non-hydrogen) atoms. The summed E-state index contributed by atoms with van der Waals surface area (Å²) in [7, 11) is 0. The van der Waals surface area contributed by atoms with Gasteiger partial charge in [-0.2, -0.15) is 0 Å². The fraction of sp³-hybridized carbons (Fsp3) is 0.150. The molecule has 1 aromatic heterocycles. The summed E-state index contributed by atoms with van der Waals surface area (Å²) in [5.74, 6) is 0. The first-order valence-corrected chi connectivity index (χ1v) is 8.68. The maximum absolute atomic E-state index is 4.62. The summed E-state index contributed by atoms with van der Waals surface area (Å²) >= 11 is 2.31. The molecule has 0 radical (unpaired) electrons. The van der Waals surface area contributed by atoms with Crippen LogP contribution >= 0.6 is 22.6 Å². The Balaban J connectivity index is 1.96. The van der Waals surface area contributed by atoms with Crippen molar-refractivity contribution in [1.29, 1.82) is 0 Å². The van der Waals surface area contributed by atoms with Gasteiger partial charge in [0.15, 0.2) is 0 Å². The second kappa shape index (κ2) is 6.71. The molecule has 2 aromatic carbocycles. The standard InChI is InChI=1S/C20H19IN2/c1-14-7-9-20(10-8-14)23-15(2)11-17(16(23)3)13-22-19-6-4-5-18(21)12-19/h4-13H,1-3H3. The monoisotopic (exact) mass is 414 g/mol. The van der Waals surface area contributed by atoms with E-state index in [-0.39, 0.29) is 0 Å². The van der Waals surface area contributed by atoms with E-state index in [1.165, 1.54) is 26.2 Å².